The minimum absolute atomic E-state index is 0.0243. The van der Waals surface area contributed by atoms with Crippen LogP contribution in [0.25, 0.3) is 0 Å². The summed E-state index contributed by atoms with van der Waals surface area (Å²) in [6.07, 6.45) is 0.442. The van der Waals surface area contributed by atoms with E-state index in [0.29, 0.717) is 22.9 Å². The number of carbonyl (C=O) groups excluding carboxylic acids is 2. The van der Waals surface area contributed by atoms with Crippen LogP contribution in [0.4, 0.5) is 11.4 Å². The largest absolute Gasteiger partial charge is 0.495 e. The predicted molar refractivity (Wildman–Crippen MR) is 117 cm³/mol. The van der Waals surface area contributed by atoms with Gasteiger partial charge in [-0.1, -0.05) is 38.4 Å². The first-order valence-corrected chi connectivity index (χ1v) is 10.2. The molecule has 2 amide bonds. The number of halogens is 1. The predicted octanol–water partition coefficient (Wildman–Crippen LogP) is 5.45. The van der Waals surface area contributed by atoms with Crippen molar-refractivity contribution >= 4 is 46.6 Å². The molecular weight excluding hydrogens is 396 g/mol. The molecule has 0 fully saturated rings. The van der Waals surface area contributed by atoms with Gasteiger partial charge in [0.05, 0.1) is 17.9 Å². The first-order chi connectivity index (χ1) is 13.2. The molecule has 0 bridgehead atoms. The molecule has 2 aromatic rings. The van der Waals surface area contributed by atoms with Gasteiger partial charge in [-0.3, -0.25) is 9.59 Å². The van der Waals surface area contributed by atoms with Gasteiger partial charge in [-0.15, -0.1) is 11.8 Å². The number of nitrogens with one attached hydrogen (secondary N) is 2. The van der Waals surface area contributed by atoms with Crippen LogP contribution in [0.3, 0.4) is 0 Å². The number of thioether (sulfide) groups is 1. The van der Waals surface area contributed by atoms with Gasteiger partial charge in [-0.25, -0.2) is 0 Å². The molecule has 2 N–H and O–H groups in total. The lowest BCUT2D eigenvalue weighted by Gasteiger charge is -2.17. The molecule has 0 radical (unpaired) electrons. The standard InChI is InChI=1S/C21H25ClN2O3S/c1-21(2,3)12-19(25)23-14-6-5-7-16(10-14)28-13-20(26)24-15-8-9-18(27-4)17(22)11-15/h5-11H,12-13H2,1-4H3,(H,23,25)(H,24,26). The summed E-state index contributed by atoms with van der Waals surface area (Å²) < 4.78 is 5.10. The molecule has 150 valence electrons. The topological polar surface area (TPSA) is 67.4 Å². The number of carbonyl (C=O) groups is 2. The highest BCUT2D eigenvalue weighted by Gasteiger charge is 2.16. The molecule has 0 aromatic heterocycles. The summed E-state index contributed by atoms with van der Waals surface area (Å²) in [4.78, 5) is 25.2. The Morgan fingerprint density at radius 2 is 1.71 bits per heavy atom. The van der Waals surface area contributed by atoms with Crippen molar-refractivity contribution < 1.29 is 14.3 Å². The molecule has 0 aliphatic carbocycles. The number of hydrogen-bond acceptors (Lipinski definition) is 4. The zero-order valence-electron chi connectivity index (χ0n) is 16.5. The van der Waals surface area contributed by atoms with Gasteiger partial charge >= 0.3 is 0 Å². The van der Waals surface area contributed by atoms with Gasteiger partial charge < -0.3 is 15.4 Å². The van der Waals surface area contributed by atoms with Crippen LogP contribution in [0.1, 0.15) is 27.2 Å². The zero-order valence-corrected chi connectivity index (χ0v) is 18.0. The highest BCUT2D eigenvalue weighted by Crippen LogP contribution is 2.28. The number of hydrogen-bond donors (Lipinski definition) is 2. The number of anilines is 2. The SMILES string of the molecule is COc1ccc(NC(=O)CSc2cccc(NC(=O)CC(C)(C)C)c2)cc1Cl. The Bertz CT molecular complexity index is 850. The number of rotatable bonds is 7. The molecule has 0 aliphatic rings. The van der Waals surface area contributed by atoms with E-state index in [1.165, 1.54) is 18.9 Å². The summed E-state index contributed by atoms with van der Waals surface area (Å²) in [5.74, 6) is 0.625. The quantitative estimate of drug-likeness (QED) is 0.584. The third kappa shape index (κ3) is 7.44. The van der Waals surface area contributed by atoms with Crippen molar-refractivity contribution in [2.75, 3.05) is 23.5 Å². The third-order valence-corrected chi connectivity index (χ3v) is 4.90. The van der Waals surface area contributed by atoms with Gasteiger partial charge in [0.25, 0.3) is 0 Å². The summed E-state index contributed by atoms with van der Waals surface area (Å²) in [5, 5.41) is 6.15. The fourth-order valence-corrected chi connectivity index (χ4v) is 3.45. The third-order valence-electron chi connectivity index (χ3n) is 3.61. The highest BCUT2D eigenvalue weighted by molar-refractivity contribution is 8.00. The second-order valence-corrected chi connectivity index (χ2v) is 8.96. The van der Waals surface area contributed by atoms with Gasteiger partial charge in [0, 0.05) is 22.7 Å². The molecule has 0 aliphatic heterocycles. The van der Waals surface area contributed by atoms with Crippen molar-refractivity contribution in [3.8, 4) is 5.75 Å². The van der Waals surface area contributed by atoms with E-state index in [-0.39, 0.29) is 23.0 Å². The van der Waals surface area contributed by atoms with Gasteiger partial charge in [-0.2, -0.15) is 0 Å². The molecule has 5 nitrogen and oxygen atoms in total. The maximum absolute atomic E-state index is 12.2. The minimum Gasteiger partial charge on any atom is -0.495 e. The van der Waals surface area contributed by atoms with E-state index in [2.05, 4.69) is 10.6 Å². The Hall–Kier alpha value is -2.18. The fourth-order valence-electron chi connectivity index (χ4n) is 2.44. The lowest BCUT2D eigenvalue weighted by Crippen LogP contribution is -2.19. The van der Waals surface area contributed by atoms with Crippen molar-refractivity contribution in [3.05, 3.63) is 47.5 Å². The molecule has 0 saturated heterocycles. The van der Waals surface area contributed by atoms with E-state index in [1.54, 1.807) is 18.2 Å². The molecule has 2 aromatic carbocycles. The average molecular weight is 421 g/mol. The second-order valence-electron chi connectivity index (χ2n) is 7.50. The monoisotopic (exact) mass is 420 g/mol. The summed E-state index contributed by atoms with van der Waals surface area (Å²) in [5.41, 5.74) is 1.26. The Morgan fingerprint density at radius 3 is 2.36 bits per heavy atom. The molecule has 0 saturated carbocycles. The van der Waals surface area contributed by atoms with Crippen LogP contribution in [0.2, 0.25) is 5.02 Å². The first kappa shape index (κ1) is 22.1. The van der Waals surface area contributed by atoms with E-state index >= 15 is 0 Å². The zero-order chi connectivity index (χ0) is 20.7. The molecular formula is C21H25ClN2O3S. The molecule has 7 heteroatoms. The van der Waals surface area contributed by atoms with E-state index in [0.717, 1.165) is 10.6 Å². The number of ether oxygens (including phenoxy) is 1. The van der Waals surface area contributed by atoms with Crippen LogP contribution < -0.4 is 15.4 Å². The van der Waals surface area contributed by atoms with Crippen molar-refractivity contribution in [1.82, 2.24) is 0 Å². The second kappa shape index (κ2) is 9.85. The molecule has 2 rings (SSSR count). The Morgan fingerprint density at radius 1 is 1.04 bits per heavy atom. The van der Waals surface area contributed by atoms with Crippen molar-refractivity contribution in [2.24, 2.45) is 5.41 Å². The normalized spacial score (nSPS) is 11.0. The molecule has 28 heavy (non-hydrogen) atoms. The smallest absolute Gasteiger partial charge is 0.234 e. The summed E-state index contributed by atoms with van der Waals surface area (Å²) in [7, 11) is 1.54. The first-order valence-electron chi connectivity index (χ1n) is 8.82. The van der Waals surface area contributed by atoms with E-state index in [9.17, 15) is 9.59 Å². The number of methoxy groups -OCH3 is 1. The van der Waals surface area contributed by atoms with Crippen molar-refractivity contribution in [3.63, 3.8) is 0 Å². The number of amides is 2. The summed E-state index contributed by atoms with van der Waals surface area (Å²) in [6, 6.07) is 12.5. The average Bonchev–Trinajstić information content (AvgIpc) is 2.59. The lowest BCUT2D eigenvalue weighted by atomic mass is 9.92. The van der Waals surface area contributed by atoms with Crippen LogP contribution in [0.5, 0.6) is 5.75 Å². The van der Waals surface area contributed by atoms with E-state index in [4.69, 9.17) is 16.3 Å². The van der Waals surface area contributed by atoms with Crippen molar-refractivity contribution in [1.29, 1.82) is 0 Å². The van der Waals surface area contributed by atoms with Crippen LogP contribution >= 0.6 is 23.4 Å². The van der Waals surface area contributed by atoms with Gasteiger partial charge in [0.2, 0.25) is 11.8 Å². The Balaban J connectivity index is 1.89. The van der Waals surface area contributed by atoms with Gasteiger partial charge in [0.1, 0.15) is 5.75 Å². The highest BCUT2D eigenvalue weighted by atomic mass is 35.5. The minimum atomic E-state index is -0.145. The van der Waals surface area contributed by atoms with Crippen LogP contribution in [-0.4, -0.2) is 24.7 Å². The van der Waals surface area contributed by atoms with Gasteiger partial charge in [0.15, 0.2) is 0 Å². The van der Waals surface area contributed by atoms with Crippen molar-refractivity contribution in [2.45, 2.75) is 32.1 Å². The van der Waals surface area contributed by atoms with E-state index in [1.807, 2.05) is 45.0 Å². The molecule has 0 spiro atoms. The van der Waals surface area contributed by atoms with Crippen LogP contribution in [-0.2, 0) is 9.59 Å². The Labute approximate surface area is 175 Å². The Kier molecular flexibility index (Phi) is 7.78. The lowest BCUT2D eigenvalue weighted by molar-refractivity contribution is -0.118. The maximum Gasteiger partial charge on any atom is 0.234 e. The van der Waals surface area contributed by atoms with Crippen LogP contribution in [0.15, 0.2) is 47.4 Å². The number of benzene rings is 2. The van der Waals surface area contributed by atoms with Crippen LogP contribution in [0, 0.1) is 5.41 Å². The fraction of sp³-hybridized carbons (Fsp3) is 0.333. The maximum atomic E-state index is 12.2. The van der Waals surface area contributed by atoms with Gasteiger partial charge in [-0.05, 0) is 41.8 Å². The summed E-state index contributed by atoms with van der Waals surface area (Å²) >= 11 is 7.46. The molecule has 0 unspecified atom stereocenters. The summed E-state index contributed by atoms with van der Waals surface area (Å²) in [6.45, 7) is 6.06. The molecule has 0 atom stereocenters. The molecule has 0 heterocycles. The van der Waals surface area contributed by atoms with E-state index < -0.39 is 0 Å².